The number of thioether (sulfide) groups is 1. The second-order valence-electron chi connectivity index (χ2n) is 3.25. The van der Waals surface area contributed by atoms with Crippen LogP contribution in [0.25, 0.3) is 0 Å². The third-order valence-electron chi connectivity index (χ3n) is 2.14. The summed E-state index contributed by atoms with van der Waals surface area (Å²) >= 11 is 1.81. The Bertz CT molecular complexity index is 184. The fourth-order valence-corrected chi connectivity index (χ4v) is 2.13. The largest absolute Gasteiger partial charge is 0.380 e. The topological polar surface area (TPSA) is 33.6 Å². The molecule has 1 fully saturated rings. The minimum absolute atomic E-state index is 0.218. The first-order chi connectivity index (χ1) is 6.26. The predicted octanol–water partition coefficient (Wildman–Crippen LogP) is 1.49. The molecule has 1 rings (SSSR count). The molecule has 0 saturated carbocycles. The number of hydrogen-bond donors (Lipinski definition) is 1. The van der Waals surface area contributed by atoms with Crippen LogP contribution < -0.4 is 5.32 Å². The molecule has 0 aromatic carbocycles. The van der Waals surface area contributed by atoms with Gasteiger partial charge in [-0.25, -0.2) is 0 Å². The van der Waals surface area contributed by atoms with Crippen LogP contribution in [0.15, 0.2) is 4.99 Å². The van der Waals surface area contributed by atoms with Crippen LogP contribution in [0.4, 0.5) is 0 Å². The van der Waals surface area contributed by atoms with Crippen molar-refractivity contribution in [1.82, 2.24) is 5.32 Å². The molecule has 0 aromatic rings. The van der Waals surface area contributed by atoms with E-state index in [1.54, 1.807) is 7.11 Å². The van der Waals surface area contributed by atoms with Gasteiger partial charge in [0, 0.05) is 18.9 Å². The van der Waals surface area contributed by atoms with Gasteiger partial charge in [-0.3, -0.25) is 4.99 Å². The van der Waals surface area contributed by atoms with Gasteiger partial charge in [0.2, 0.25) is 0 Å². The first-order valence-corrected chi connectivity index (χ1v) is 5.71. The molecule has 0 aliphatic carbocycles. The van der Waals surface area contributed by atoms with Gasteiger partial charge in [-0.1, -0.05) is 18.7 Å². The average molecular weight is 202 g/mol. The highest BCUT2D eigenvalue weighted by Gasteiger charge is 2.17. The SMILES string of the molecule is CCC1CSC(=NCC(C)OC)N1. The molecule has 0 aromatic heterocycles. The summed E-state index contributed by atoms with van der Waals surface area (Å²) < 4.78 is 5.12. The zero-order valence-corrected chi connectivity index (χ0v) is 9.36. The van der Waals surface area contributed by atoms with Crippen molar-refractivity contribution in [3.05, 3.63) is 0 Å². The average Bonchev–Trinajstić information content (AvgIpc) is 2.61. The van der Waals surface area contributed by atoms with Crippen molar-refractivity contribution in [2.24, 2.45) is 4.99 Å². The van der Waals surface area contributed by atoms with Crippen LogP contribution in [0, 0.1) is 0 Å². The summed E-state index contributed by atoms with van der Waals surface area (Å²) in [5.74, 6) is 1.15. The molecule has 2 unspecified atom stereocenters. The second kappa shape index (κ2) is 5.50. The van der Waals surface area contributed by atoms with Gasteiger partial charge in [0.05, 0.1) is 12.6 Å². The van der Waals surface area contributed by atoms with E-state index >= 15 is 0 Å². The molecule has 2 atom stereocenters. The highest BCUT2D eigenvalue weighted by Crippen LogP contribution is 2.15. The number of rotatable bonds is 4. The van der Waals surface area contributed by atoms with Crippen molar-refractivity contribution >= 4 is 16.9 Å². The van der Waals surface area contributed by atoms with E-state index in [1.165, 1.54) is 6.42 Å². The lowest BCUT2D eigenvalue weighted by atomic mass is 10.3. The molecule has 76 valence electrons. The standard InChI is InChI=1S/C9H18N2OS/c1-4-8-6-13-9(11-8)10-5-7(2)12-3/h7-8H,4-6H2,1-3H3,(H,10,11). The van der Waals surface area contributed by atoms with Crippen LogP contribution in [0.5, 0.6) is 0 Å². The number of nitrogens with one attached hydrogen (secondary N) is 1. The van der Waals surface area contributed by atoms with Crippen LogP contribution >= 0.6 is 11.8 Å². The Balaban J connectivity index is 2.28. The summed E-state index contributed by atoms with van der Waals surface area (Å²) in [6.07, 6.45) is 1.39. The van der Waals surface area contributed by atoms with Crippen molar-refractivity contribution in [3.8, 4) is 0 Å². The predicted molar refractivity (Wildman–Crippen MR) is 58.4 cm³/mol. The molecule has 1 saturated heterocycles. The second-order valence-corrected chi connectivity index (χ2v) is 4.26. The van der Waals surface area contributed by atoms with E-state index in [9.17, 15) is 0 Å². The number of aliphatic imine (C=N–C) groups is 1. The van der Waals surface area contributed by atoms with Crippen molar-refractivity contribution in [3.63, 3.8) is 0 Å². The minimum atomic E-state index is 0.218. The fraction of sp³-hybridized carbons (Fsp3) is 0.889. The Morgan fingerprint density at radius 3 is 3.08 bits per heavy atom. The molecule has 4 heteroatoms. The smallest absolute Gasteiger partial charge is 0.156 e. The Labute approximate surface area is 84.3 Å². The molecule has 0 radical (unpaired) electrons. The monoisotopic (exact) mass is 202 g/mol. The summed E-state index contributed by atoms with van der Waals surface area (Å²) in [5.41, 5.74) is 0. The molecule has 1 aliphatic heterocycles. The van der Waals surface area contributed by atoms with Crippen molar-refractivity contribution < 1.29 is 4.74 Å². The van der Waals surface area contributed by atoms with Gasteiger partial charge < -0.3 is 10.1 Å². The van der Waals surface area contributed by atoms with Crippen LogP contribution in [0.1, 0.15) is 20.3 Å². The van der Waals surface area contributed by atoms with Crippen LogP contribution in [-0.4, -0.2) is 36.7 Å². The maximum atomic E-state index is 5.12. The molecule has 1 N–H and O–H groups in total. The van der Waals surface area contributed by atoms with Gasteiger partial charge >= 0.3 is 0 Å². The van der Waals surface area contributed by atoms with Crippen molar-refractivity contribution in [2.45, 2.75) is 32.4 Å². The number of hydrogen-bond acceptors (Lipinski definition) is 3. The summed E-state index contributed by atoms with van der Waals surface area (Å²) in [7, 11) is 1.72. The maximum absolute atomic E-state index is 5.12. The van der Waals surface area contributed by atoms with Gasteiger partial charge in [0.15, 0.2) is 5.17 Å². The van der Waals surface area contributed by atoms with E-state index in [0.29, 0.717) is 6.04 Å². The van der Waals surface area contributed by atoms with Crippen molar-refractivity contribution in [2.75, 3.05) is 19.4 Å². The molecule has 0 spiro atoms. The first-order valence-electron chi connectivity index (χ1n) is 4.72. The Morgan fingerprint density at radius 1 is 1.77 bits per heavy atom. The van der Waals surface area contributed by atoms with E-state index in [2.05, 4.69) is 17.2 Å². The Kier molecular flexibility index (Phi) is 4.59. The lowest BCUT2D eigenvalue weighted by molar-refractivity contribution is 0.125. The van der Waals surface area contributed by atoms with Gasteiger partial charge in [-0.05, 0) is 13.3 Å². The molecule has 13 heavy (non-hydrogen) atoms. The molecule has 1 aliphatic rings. The van der Waals surface area contributed by atoms with Gasteiger partial charge in [0.1, 0.15) is 0 Å². The maximum Gasteiger partial charge on any atom is 0.156 e. The van der Waals surface area contributed by atoms with Gasteiger partial charge in [0.25, 0.3) is 0 Å². The molecule has 0 amide bonds. The molecule has 3 nitrogen and oxygen atoms in total. The summed E-state index contributed by atoms with van der Waals surface area (Å²) in [6.45, 7) is 4.97. The number of ether oxygens (including phenoxy) is 1. The van der Waals surface area contributed by atoms with Gasteiger partial charge in [-0.2, -0.15) is 0 Å². The third-order valence-corrected chi connectivity index (χ3v) is 3.23. The zero-order valence-electron chi connectivity index (χ0n) is 8.54. The van der Waals surface area contributed by atoms with E-state index < -0.39 is 0 Å². The lowest BCUT2D eigenvalue weighted by Crippen LogP contribution is -2.26. The van der Waals surface area contributed by atoms with E-state index in [1.807, 2.05) is 18.7 Å². The van der Waals surface area contributed by atoms with E-state index in [4.69, 9.17) is 4.74 Å². The Morgan fingerprint density at radius 2 is 2.54 bits per heavy atom. The molecular weight excluding hydrogens is 184 g/mol. The number of methoxy groups -OCH3 is 1. The minimum Gasteiger partial charge on any atom is -0.380 e. The third kappa shape index (κ3) is 3.56. The van der Waals surface area contributed by atoms with E-state index in [0.717, 1.165) is 17.5 Å². The number of nitrogens with zero attached hydrogens (tertiary/aromatic N) is 1. The lowest BCUT2D eigenvalue weighted by Gasteiger charge is -2.07. The van der Waals surface area contributed by atoms with Gasteiger partial charge in [-0.15, -0.1) is 0 Å². The highest BCUT2D eigenvalue weighted by atomic mass is 32.2. The normalized spacial score (nSPS) is 27.6. The zero-order chi connectivity index (χ0) is 9.68. The Hall–Kier alpha value is -0.220. The van der Waals surface area contributed by atoms with Crippen LogP contribution in [0.3, 0.4) is 0 Å². The molecular formula is C9H18N2OS. The van der Waals surface area contributed by atoms with Crippen LogP contribution in [-0.2, 0) is 4.74 Å². The van der Waals surface area contributed by atoms with Crippen molar-refractivity contribution in [1.29, 1.82) is 0 Å². The summed E-state index contributed by atoms with van der Waals surface area (Å²) in [5, 5.41) is 4.46. The van der Waals surface area contributed by atoms with E-state index in [-0.39, 0.29) is 6.10 Å². The molecule has 0 bridgehead atoms. The number of amidine groups is 1. The van der Waals surface area contributed by atoms with Crippen LogP contribution in [0.2, 0.25) is 0 Å². The summed E-state index contributed by atoms with van der Waals surface area (Å²) in [4.78, 5) is 4.44. The summed E-state index contributed by atoms with van der Waals surface area (Å²) in [6, 6.07) is 0.613. The first kappa shape index (κ1) is 10.9. The highest BCUT2D eigenvalue weighted by molar-refractivity contribution is 8.14. The molecule has 1 heterocycles. The fourth-order valence-electron chi connectivity index (χ4n) is 1.03. The quantitative estimate of drug-likeness (QED) is 0.750.